The number of hydrogen-bond acceptors (Lipinski definition) is 2. The standard InChI is InChI=1S/C18H28N2O/c1-5-18(11-8-12-18)13-19-17(21)16(20(3)4)15-10-7-6-9-14(15)2/h6-7,9-10,16H,5,8,11-13H2,1-4H3,(H,19,21)/t16-/m1/s1. The van der Waals surface area contributed by atoms with Gasteiger partial charge in [0, 0.05) is 6.54 Å². The second kappa shape index (κ2) is 6.61. The molecule has 0 radical (unpaired) electrons. The lowest BCUT2D eigenvalue weighted by molar-refractivity contribution is -0.126. The van der Waals surface area contributed by atoms with Gasteiger partial charge < -0.3 is 5.32 Å². The van der Waals surface area contributed by atoms with E-state index in [-0.39, 0.29) is 11.9 Å². The zero-order valence-electron chi connectivity index (χ0n) is 13.8. The van der Waals surface area contributed by atoms with Crippen LogP contribution >= 0.6 is 0 Å². The van der Waals surface area contributed by atoms with Gasteiger partial charge in [-0.2, -0.15) is 0 Å². The fraction of sp³-hybridized carbons (Fsp3) is 0.611. The molecule has 1 atom stereocenters. The monoisotopic (exact) mass is 288 g/mol. The van der Waals surface area contributed by atoms with Crippen LogP contribution in [0, 0.1) is 12.3 Å². The lowest BCUT2D eigenvalue weighted by atomic mass is 9.67. The number of carbonyl (C=O) groups is 1. The van der Waals surface area contributed by atoms with Crippen LogP contribution in [0.4, 0.5) is 0 Å². The molecule has 1 aliphatic rings. The topological polar surface area (TPSA) is 32.3 Å². The molecule has 0 spiro atoms. The third-order valence-electron chi connectivity index (χ3n) is 5.05. The number of aryl methyl sites for hydroxylation is 1. The van der Waals surface area contributed by atoms with E-state index in [1.807, 2.05) is 31.1 Å². The van der Waals surface area contributed by atoms with E-state index in [0.717, 1.165) is 18.5 Å². The fourth-order valence-electron chi connectivity index (χ4n) is 3.25. The van der Waals surface area contributed by atoms with E-state index in [0.29, 0.717) is 5.41 Å². The lowest BCUT2D eigenvalue weighted by Gasteiger charge is -2.41. The average molecular weight is 288 g/mol. The Morgan fingerprint density at radius 3 is 2.48 bits per heavy atom. The summed E-state index contributed by atoms with van der Waals surface area (Å²) in [6.45, 7) is 5.12. The van der Waals surface area contributed by atoms with Gasteiger partial charge in [-0.05, 0) is 56.8 Å². The highest BCUT2D eigenvalue weighted by Crippen LogP contribution is 2.43. The van der Waals surface area contributed by atoms with Crippen LogP contribution in [-0.2, 0) is 4.79 Å². The molecule has 0 unspecified atom stereocenters. The van der Waals surface area contributed by atoms with Gasteiger partial charge in [-0.3, -0.25) is 9.69 Å². The number of rotatable bonds is 6. The molecule has 1 aromatic carbocycles. The summed E-state index contributed by atoms with van der Waals surface area (Å²) in [4.78, 5) is 14.7. The van der Waals surface area contributed by atoms with E-state index < -0.39 is 0 Å². The van der Waals surface area contributed by atoms with Gasteiger partial charge in [-0.1, -0.05) is 37.6 Å². The summed E-state index contributed by atoms with van der Waals surface area (Å²) in [6.07, 6.45) is 4.96. The predicted octanol–water partition coefficient (Wildman–Crippen LogP) is 3.29. The van der Waals surface area contributed by atoms with Gasteiger partial charge in [-0.25, -0.2) is 0 Å². The number of nitrogens with zero attached hydrogens (tertiary/aromatic N) is 1. The molecular weight excluding hydrogens is 260 g/mol. The molecule has 1 aromatic rings. The highest BCUT2D eigenvalue weighted by molar-refractivity contribution is 5.83. The first-order valence-corrected chi connectivity index (χ1v) is 7.99. The van der Waals surface area contributed by atoms with Crippen molar-refractivity contribution >= 4 is 5.91 Å². The third kappa shape index (κ3) is 3.46. The van der Waals surface area contributed by atoms with Crippen LogP contribution in [0.15, 0.2) is 24.3 Å². The molecule has 21 heavy (non-hydrogen) atoms. The van der Waals surface area contributed by atoms with Crippen molar-refractivity contribution in [2.24, 2.45) is 5.41 Å². The summed E-state index contributed by atoms with van der Waals surface area (Å²) in [5, 5.41) is 3.20. The first kappa shape index (κ1) is 16.0. The minimum absolute atomic E-state index is 0.119. The summed E-state index contributed by atoms with van der Waals surface area (Å²) >= 11 is 0. The van der Waals surface area contributed by atoms with E-state index in [9.17, 15) is 4.79 Å². The Hall–Kier alpha value is -1.35. The van der Waals surface area contributed by atoms with Crippen LogP contribution in [-0.4, -0.2) is 31.4 Å². The molecule has 0 aliphatic heterocycles. The number of hydrogen-bond donors (Lipinski definition) is 1. The van der Waals surface area contributed by atoms with E-state index in [4.69, 9.17) is 0 Å². The number of likely N-dealkylation sites (N-methyl/N-ethyl adjacent to an activating group) is 1. The summed E-state index contributed by atoms with van der Waals surface area (Å²) in [5.41, 5.74) is 2.62. The van der Waals surface area contributed by atoms with Crippen LogP contribution in [0.5, 0.6) is 0 Å². The number of amides is 1. The summed E-state index contributed by atoms with van der Waals surface area (Å²) < 4.78 is 0. The Balaban J connectivity index is 2.08. The van der Waals surface area contributed by atoms with Crippen LogP contribution < -0.4 is 5.32 Å². The Kier molecular flexibility index (Phi) is 5.04. The molecule has 0 saturated heterocycles. The molecule has 0 heterocycles. The minimum atomic E-state index is -0.208. The summed E-state index contributed by atoms with van der Waals surface area (Å²) in [7, 11) is 3.94. The van der Waals surface area contributed by atoms with E-state index in [1.54, 1.807) is 0 Å². The molecule has 0 aromatic heterocycles. The van der Waals surface area contributed by atoms with E-state index in [1.165, 1.54) is 24.8 Å². The van der Waals surface area contributed by atoms with Crippen molar-refractivity contribution in [1.82, 2.24) is 10.2 Å². The Morgan fingerprint density at radius 2 is 2.00 bits per heavy atom. The van der Waals surface area contributed by atoms with Crippen LogP contribution in [0.3, 0.4) is 0 Å². The van der Waals surface area contributed by atoms with Crippen molar-refractivity contribution in [2.75, 3.05) is 20.6 Å². The zero-order valence-corrected chi connectivity index (χ0v) is 13.8. The lowest BCUT2D eigenvalue weighted by Crippen LogP contribution is -2.45. The summed E-state index contributed by atoms with van der Waals surface area (Å²) in [5.74, 6) is 0.119. The first-order chi connectivity index (χ1) is 9.99. The molecule has 3 nitrogen and oxygen atoms in total. The largest absolute Gasteiger partial charge is 0.354 e. The molecule has 1 aliphatic carbocycles. The Labute approximate surface area is 128 Å². The van der Waals surface area contributed by atoms with Crippen molar-refractivity contribution in [3.63, 3.8) is 0 Å². The first-order valence-electron chi connectivity index (χ1n) is 7.99. The number of carbonyl (C=O) groups excluding carboxylic acids is 1. The zero-order chi connectivity index (χ0) is 15.5. The molecule has 2 rings (SSSR count). The molecule has 116 valence electrons. The quantitative estimate of drug-likeness (QED) is 0.871. The third-order valence-corrected chi connectivity index (χ3v) is 5.05. The van der Waals surface area contributed by atoms with Gasteiger partial charge in [0.2, 0.25) is 5.91 Å². The molecule has 3 heteroatoms. The molecule has 1 fully saturated rings. The molecule has 1 amide bonds. The predicted molar refractivity (Wildman–Crippen MR) is 87.2 cm³/mol. The molecule has 1 N–H and O–H groups in total. The SMILES string of the molecule is CCC1(CNC(=O)[C@@H](c2ccccc2C)N(C)C)CCC1. The molecular formula is C18H28N2O. The maximum atomic E-state index is 12.7. The van der Waals surface area contributed by atoms with Gasteiger partial charge in [0.15, 0.2) is 0 Å². The normalized spacial score (nSPS) is 18.1. The highest BCUT2D eigenvalue weighted by atomic mass is 16.2. The van der Waals surface area contributed by atoms with Crippen molar-refractivity contribution in [3.05, 3.63) is 35.4 Å². The minimum Gasteiger partial charge on any atom is -0.354 e. The van der Waals surface area contributed by atoms with Crippen molar-refractivity contribution in [1.29, 1.82) is 0 Å². The van der Waals surface area contributed by atoms with Crippen molar-refractivity contribution < 1.29 is 4.79 Å². The maximum absolute atomic E-state index is 12.7. The Bertz CT molecular complexity index is 486. The highest BCUT2D eigenvalue weighted by Gasteiger charge is 2.36. The van der Waals surface area contributed by atoms with Gasteiger partial charge in [0.1, 0.15) is 6.04 Å². The number of benzene rings is 1. The maximum Gasteiger partial charge on any atom is 0.241 e. The van der Waals surface area contributed by atoms with Crippen LogP contribution in [0.25, 0.3) is 0 Å². The van der Waals surface area contributed by atoms with E-state index >= 15 is 0 Å². The fourth-order valence-corrected chi connectivity index (χ4v) is 3.25. The Morgan fingerprint density at radius 1 is 1.33 bits per heavy atom. The average Bonchev–Trinajstić information content (AvgIpc) is 2.40. The summed E-state index contributed by atoms with van der Waals surface area (Å²) in [6, 6.07) is 7.94. The van der Waals surface area contributed by atoms with Gasteiger partial charge >= 0.3 is 0 Å². The second-order valence-corrected chi connectivity index (χ2v) is 6.65. The van der Waals surface area contributed by atoms with Gasteiger partial charge in [-0.15, -0.1) is 0 Å². The van der Waals surface area contributed by atoms with Crippen molar-refractivity contribution in [2.45, 2.75) is 45.6 Å². The molecule has 0 bridgehead atoms. The smallest absolute Gasteiger partial charge is 0.241 e. The number of nitrogens with one attached hydrogen (secondary N) is 1. The van der Waals surface area contributed by atoms with Crippen molar-refractivity contribution in [3.8, 4) is 0 Å². The molecule has 1 saturated carbocycles. The van der Waals surface area contributed by atoms with Gasteiger partial charge in [0.25, 0.3) is 0 Å². The van der Waals surface area contributed by atoms with Crippen LogP contribution in [0.2, 0.25) is 0 Å². The van der Waals surface area contributed by atoms with E-state index in [2.05, 4.69) is 31.3 Å². The van der Waals surface area contributed by atoms with Crippen LogP contribution in [0.1, 0.15) is 49.8 Å². The van der Waals surface area contributed by atoms with Gasteiger partial charge in [0.05, 0.1) is 0 Å². The second-order valence-electron chi connectivity index (χ2n) is 6.65.